The molecule has 1 aromatic carbocycles. The van der Waals surface area contributed by atoms with E-state index in [1.54, 1.807) is 25.2 Å². The minimum Gasteiger partial charge on any atom is -0.495 e. The zero-order chi connectivity index (χ0) is 13.1. The van der Waals surface area contributed by atoms with Gasteiger partial charge in [-0.3, -0.25) is 0 Å². The number of hydrogen-bond donors (Lipinski definition) is 1. The predicted octanol–water partition coefficient (Wildman–Crippen LogP) is 2.99. The molecular weight excluding hydrogens is 257 g/mol. The molecule has 2 aromatic rings. The third-order valence-corrected chi connectivity index (χ3v) is 2.70. The van der Waals surface area contributed by atoms with Crippen molar-refractivity contribution in [1.82, 2.24) is 9.97 Å². The maximum atomic E-state index is 13.7. The summed E-state index contributed by atoms with van der Waals surface area (Å²) in [6.07, 6.45) is 1.12. The number of anilines is 1. The molecule has 0 radical (unpaired) electrons. The number of ether oxygens (including phenoxy) is 1. The maximum Gasteiger partial charge on any atom is 0.223 e. The van der Waals surface area contributed by atoms with E-state index in [1.807, 2.05) is 0 Å². The first-order valence-corrected chi connectivity index (χ1v) is 5.57. The second-order valence-corrected chi connectivity index (χ2v) is 3.90. The van der Waals surface area contributed by atoms with E-state index in [1.165, 1.54) is 7.11 Å². The maximum absolute atomic E-state index is 13.7. The van der Waals surface area contributed by atoms with Gasteiger partial charge in [-0.05, 0) is 12.1 Å². The molecule has 2 rings (SSSR count). The molecule has 0 aliphatic carbocycles. The molecule has 0 aliphatic heterocycles. The Kier molecular flexibility index (Phi) is 3.62. The first-order chi connectivity index (χ1) is 8.65. The summed E-state index contributed by atoms with van der Waals surface area (Å²) in [5.41, 5.74) is 0.775. The van der Waals surface area contributed by atoms with Crippen LogP contribution in [0, 0.1) is 5.82 Å². The average molecular weight is 268 g/mol. The van der Waals surface area contributed by atoms with Crippen molar-refractivity contribution in [2.75, 3.05) is 19.5 Å². The Hall–Kier alpha value is -1.88. The van der Waals surface area contributed by atoms with Crippen LogP contribution >= 0.6 is 11.6 Å². The van der Waals surface area contributed by atoms with Gasteiger partial charge in [0.25, 0.3) is 0 Å². The van der Waals surface area contributed by atoms with Gasteiger partial charge in [0, 0.05) is 12.6 Å². The van der Waals surface area contributed by atoms with Gasteiger partial charge in [-0.1, -0.05) is 17.7 Å². The summed E-state index contributed by atoms with van der Waals surface area (Å²) in [4.78, 5) is 7.86. The largest absolute Gasteiger partial charge is 0.495 e. The average Bonchev–Trinajstić information content (AvgIpc) is 2.40. The summed E-state index contributed by atoms with van der Waals surface area (Å²) in [7, 11) is 3.17. The third-order valence-electron chi connectivity index (χ3n) is 2.39. The zero-order valence-corrected chi connectivity index (χ0v) is 10.6. The normalized spacial score (nSPS) is 10.2. The van der Waals surface area contributed by atoms with E-state index in [0.29, 0.717) is 22.3 Å². The summed E-state index contributed by atoms with van der Waals surface area (Å²) >= 11 is 5.92. The fourth-order valence-electron chi connectivity index (χ4n) is 1.50. The zero-order valence-electron chi connectivity index (χ0n) is 9.87. The van der Waals surface area contributed by atoms with Crippen LogP contribution in [0.4, 0.5) is 10.3 Å². The number of nitrogens with one attached hydrogen (secondary N) is 1. The predicted molar refractivity (Wildman–Crippen MR) is 68.5 cm³/mol. The highest BCUT2D eigenvalue weighted by Gasteiger charge is 2.11. The number of hydrogen-bond acceptors (Lipinski definition) is 4. The lowest BCUT2D eigenvalue weighted by molar-refractivity contribution is 0.415. The number of methoxy groups -OCH3 is 1. The molecule has 0 amide bonds. The van der Waals surface area contributed by atoms with E-state index >= 15 is 0 Å². The van der Waals surface area contributed by atoms with Crippen LogP contribution in [0.15, 0.2) is 24.4 Å². The summed E-state index contributed by atoms with van der Waals surface area (Å²) in [6.45, 7) is 0. The summed E-state index contributed by atoms with van der Waals surface area (Å²) < 4.78 is 18.8. The lowest BCUT2D eigenvalue weighted by atomic mass is 10.1. The Morgan fingerprint density at radius 2 is 2.17 bits per heavy atom. The smallest absolute Gasteiger partial charge is 0.223 e. The van der Waals surface area contributed by atoms with E-state index in [9.17, 15) is 4.39 Å². The molecule has 0 spiro atoms. The highest BCUT2D eigenvalue weighted by atomic mass is 35.5. The number of rotatable bonds is 3. The van der Waals surface area contributed by atoms with Crippen LogP contribution in [-0.4, -0.2) is 24.1 Å². The Bertz CT molecular complexity index is 577. The van der Waals surface area contributed by atoms with Crippen LogP contribution in [0.2, 0.25) is 5.02 Å². The van der Waals surface area contributed by atoms with Gasteiger partial charge in [0.15, 0.2) is 5.82 Å². The second-order valence-electron chi connectivity index (χ2n) is 3.49. The minimum atomic E-state index is -0.502. The van der Waals surface area contributed by atoms with E-state index in [4.69, 9.17) is 16.3 Å². The van der Waals surface area contributed by atoms with E-state index < -0.39 is 5.82 Å². The molecular formula is C12H11ClFN3O. The molecule has 0 unspecified atom stereocenters. The number of benzene rings is 1. The molecule has 4 nitrogen and oxygen atoms in total. The highest BCUT2D eigenvalue weighted by Crippen LogP contribution is 2.30. The van der Waals surface area contributed by atoms with Crippen molar-refractivity contribution >= 4 is 17.5 Å². The van der Waals surface area contributed by atoms with Crippen LogP contribution in [0.5, 0.6) is 5.75 Å². The topological polar surface area (TPSA) is 47.0 Å². The number of nitrogens with zero attached hydrogens (tertiary/aromatic N) is 2. The molecule has 94 valence electrons. The van der Waals surface area contributed by atoms with Gasteiger partial charge in [0.2, 0.25) is 5.95 Å². The molecule has 6 heteroatoms. The Morgan fingerprint density at radius 1 is 1.39 bits per heavy atom. The van der Waals surface area contributed by atoms with Crippen molar-refractivity contribution in [3.8, 4) is 17.0 Å². The van der Waals surface area contributed by atoms with Gasteiger partial charge in [-0.2, -0.15) is 0 Å². The first kappa shape index (κ1) is 12.6. The van der Waals surface area contributed by atoms with Gasteiger partial charge in [0.05, 0.1) is 18.3 Å². The Morgan fingerprint density at radius 3 is 2.83 bits per heavy atom. The van der Waals surface area contributed by atoms with Crippen molar-refractivity contribution < 1.29 is 9.13 Å². The molecule has 1 aromatic heterocycles. The lowest BCUT2D eigenvalue weighted by Crippen LogP contribution is -2.00. The fourth-order valence-corrected chi connectivity index (χ4v) is 1.69. The molecule has 0 saturated heterocycles. The number of halogens is 2. The molecule has 0 saturated carbocycles. The molecule has 1 N–H and O–H groups in total. The molecule has 0 bridgehead atoms. The van der Waals surface area contributed by atoms with Crippen LogP contribution < -0.4 is 10.1 Å². The van der Waals surface area contributed by atoms with Crippen molar-refractivity contribution in [3.63, 3.8) is 0 Å². The molecule has 0 aliphatic rings. The Labute approximate surface area is 109 Å². The van der Waals surface area contributed by atoms with Crippen molar-refractivity contribution in [1.29, 1.82) is 0 Å². The molecule has 0 fully saturated rings. The van der Waals surface area contributed by atoms with Crippen molar-refractivity contribution in [2.24, 2.45) is 0 Å². The monoisotopic (exact) mass is 267 g/mol. The summed E-state index contributed by atoms with van der Waals surface area (Å²) in [5, 5.41) is 3.22. The molecule has 0 atom stereocenters. The summed E-state index contributed by atoms with van der Waals surface area (Å²) in [5.74, 6) is 0.317. The van der Waals surface area contributed by atoms with Gasteiger partial charge in [0.1, 0.15) is 11.4 Å². The third kappa shape index (κ3) is 2.36. The number of aromatic nitrogens is 2. The quantitative estimate of drug-likeness (QED) is 0.929. The van der Waals surface area contributed by atoms with Crippen LogP contribution in [0.3, 0.4) is 0 Å². The lowest BCUT2D eigenvalue weighted by Gasteiger charge is -2.08. The van der Waals surface area contributed by atoms with Crippen molar-refractivity contribution in [3.05, 3.63) is 35.2 Å². The van der Waals surface area contributed by atoms with Gasteiger partial charge in [-0.25, -0.2) is 14.4 Å². The van der Waals surface area contributed by atoms with Crippen LogP contribution in [-0.2, 0) is 0 Å². The minimum absolute atomic E-state index is 0.198. The standard InChI is InChI=1S/C12H11ClFN3O/c1-15-12-16-6-9(14)11(17-12)7-3-4-8(13)10(5-7)18-2/h3-6H,1-2H3,(H,15,16,17). The summed E-state index contributed by atoms with van der Waals surface area (Å²) in [6, 6.07) is 4.94. The Balaban J connectivity index is 2.54. The SMILES string of the molecule is CNc1ncc(F)c(-c2ccc(Cl)c(OC)c2)n1. The second kappa shape index (κ2) is 5.18. The van der Waals surface area contributed by atoms with Crippen LogP contribution in [0.1, 0.15) is 0 Å². The van der Waals surface area contributed by atoms with E-state index in [2.05, 4.69) is 15.3 Å². The van der Waals surface area contributed by atoms with Gasteiger partial charge >= 0.3 is 0 Å². The van der Waals surface area contributed by atoms with E-state index in [-0.39, 0.29) is 5.69 Å². The molecule has 18 heavy (non-hydrogen) atoms. The molecule has 1 heterocycles. The van der Waals surface area contributed by atoms with Crippen molar-refractivity contribution in [2.45, 2.75) is 0 Å². The van der Waals surface area contributed by atoms with Gasteiger partial charge < -0.3 is 10.1 Å². The first-order valence-electron chi connectivity index (χ1n) is 5.20. The van der Waals surface area contributed by atoms with E-state index in [0.717, 1.165) is 6.20 Å². The fraction of sp³-hybridized carbons (Fsp3) is 0.167. The highest BCUT2D eigenvalue weighted by molar-refractivity contribution is 6.32. The van der Waals surface area contributed by atoms with Crippen LogP contribution in [0.25, 0.3) is 11.3 Å². The van der Waals surface area contributed by atoms with Gasteiger partial charge in [-0.15, -0.1) is 0 Å².